The maximum absolute atomic E-state index is 6.18. The van der Waals surface area contributed by atoms with Crippen LogP contribution in [0, 0.1) is 0 Å². The number of rotatable bonds is 3. The molecule has 1 saturated heterocycles. The summed E-state index contributed by atoms with van der Waals surface area (Å²) in [5, 5.41) is 0.775. The van der Waals surface area contributed by atoms with E-state index in [2.05, 4.69) is 28.0 Å². The van der Waals surface area contributed by atoms with Gasteiger partial charge in [0.05, 0.1) is 11.0 Å². The van der Waals surface area contributed by atoms with Crippen molar-refractivity contribution in [3.8, 4) is 11.3 Å². The molecule has 0 radical (unpaired) electrons. The highest BCUT2D eigenvalue weighted by Gasteiger charge is 2.22. The van der Waals surface area contributed by atoms with E-state index in [0.717, 1.165) is 59.3 Å². The van der Waals surface area contributed by atoms with Gasteiger partial charge in [0.25, 0.3) is 0 Å². The van der Waals surface area contributed by atoms with E-state index in [1.54, 1.807) is 0 Å². The number of fused-ring (bicyclic) bond motifs is 1. The SMILES string of the molecule is Clc1cccc(N2CCN(c3nc4ccccc4nc3-c3ccccc3)CC2)c1. The van der Waals surface area contributed by atoms with Crippen molar-refractivity contribution in [2.24, 2.45) is 0 Å². The highest BCUT2D eigenvalue weighted by Crippen LogP contribution is 2.31. The van der Waals surface area contributed by atoms with Crippen LogP contribution < -0.4 is 9.80 Å². The van der Waals surface area contributed by atoms with Gasteiger partial charge in [0.15, 0.2) is 5.82 Å². The number of hydrogen-bond acceptors (Lipinski definition) is 4. The molecule has 1 aromatic heterocycles. The van der Waals surface area contributed by atoms with Gasteiger partial charge in [0, 0.05) is 42.5 Å². The molecule has 3 aromatic carbocycles. The summed E-state index contributed by atoms with van der Waals surface area (Å²) in [6, 6.07) is 26.5. The number of hydrogen-bond donors (Lipinski definition) is 0. The topological polar surface area (TPSA) is 32.3 Å². The fourth-order valence-electron chi connectivity index (χ4n) is 3.85. The predicted octanol–water partition coefficient (Wildman–Crippen LogP) is 5.28. The van der Waals surface area contributed by atoms with E-state index in [9.17, 15) is 0 Å². The van der Waals surface area contributed by atoms with Crippen LogP contribution in [0.2, 0.25) is 5.02 Å². The molecule has 29 heavy (non-hydrogen) atoms. The molecule has 144 valence electrons. The smallest absolute Gasteiger partial charge is 0.156 e. The van der Waals surface area contributed by atoms with Crippen LogP contribution in [0.5, 0.6) is 0 Å². The molecule has 1 fully saturated rings. The Balaban J connectivity index is 1.48. The van der Waals surface area contributed by atoms with Gasteiger partial charge in [0.1, 0.15) is 5.69 Å². The molecular weight excluding hydrogens is 380 g/mol. The predicted molar refractivity (Wildman–Crippen MR) is 121 cm³/mol. The molecule has 0 unspecified atom stereocenters. The molecule has 0 N–H and O–H groups in total. The van der Waals surface area contributed by atoms with Gasteiger partial charge >= 0.3 is 0 Å². The zero-order chi connectivity index (χ0) is 19.6. The maximum atomic E-state index is 6.18. The second kappa shape index (κ2) is 7.72. The van der Waals surface area contributed by atoms with Gasteiger partial charge in [-0.3, -0.25) is 0 Å². The van der Waals surface area contributed by atoms with E-state index >= 15 is 0 Å². The van der Waals surface area contributed by atoms with Crippen LogP contribution in [-0.2, 0) is 0 Å². The lowest BCUT2D eigenvalue weighted by Crippen LogP contribution is -2.47. The molecule has 1 aliphatic rings. The zero-order valence-electron chi connectivity index (χ0n) is 16.0. The summed E-state index contributed by atoms with van der Waals surface area (Å²) in [4.78, 5) is 14.7. The standard InChI is InChI=1S/C24H21ClN4/c25-19-9-6-10-20(17-19)28-13-15-29(16-14-28)24-23(18-7-2-1-3-8-18)26-21-11-4-5-12-22(21)27-24/h1-12,17H,13-16H2. The van der Waals surface area contributed by atoms with Gasteiger partial charge in [-0.15, -0.1) is 0 Å². The third-order valence-corrected chi connectivity index (χ3v) is 5.59. The number of para-hydroxylation sites is 2. The molecule has 4 aromatic rings. The summed E-state index contributed by atoms with van der Waals surface area (Å²) in [7, 11) is 0. The van der Waals surface area contributed by atoms with E-state index in [-0.39, 0.29) is 0 Å². The van der Waals surface area contributed by atoms with E-state index in [0.29, 0.717) is 0 Å². The Morgan fingerprint density at radius 3 is 2.03 bits per heavy atom. The molecule has 0 bridgehead atoms. The number of piperazine rings is 1. The molecule has 5 rings (SSSR count). The molecule has 0 spiro atoms. The van der Waals surface area contributed by atoms with Gasteiger partial charge in [0.2, 0.25) is 0 Å². The Labute approximate surface area is 175 Å². The van der Waals surface area contributed by atoms with Crippen LogP contribution in [0.15, 0.2) is 78.9 Å². The van der Waals surface area contributed by atoms with Gasteiger partial charge in [-0.1, -0.05) is 60.1 Å². The van der Waals surface area contributed by atoms with Crippen LogP contribution in [0.4, 0.5) is 11.5 Å². The summed E-state index contributed by atoms with van der Waals surface area (Å²) in [5.41, 5.74) is 5.07. The highest BCUT2D eigenvalue weighted by atomic mass is 35.5. The van der Waals surface area contributed by atoms with Crippen molar-refractivity contribution in [3.63, 3.8) is 0 Å². The zero-order valence-corrected chi connectivity index (χ0v) is 16.8. The van der Waals surface area contributed by atoms with Gasteiger partial charge in [-0.05, 0) is 30.3 Å². The van der Waals surface area contributed by atoms with E-state index in [1.165, 1.54) is 5.69 Å². The number of anilines is 2. The van der Waals surface area contributed by atoms with Crippen molar-refractivity contribution in [3.05, 3.63) is 83.9 Å². The Bertz CT molecular complexity index is 1140. The lowest BCUT2D eigenvalue weighted by molar-refractivity contribution is 0.648. The molecule has 0 atom stereocenters. The summed E-state index contributed by atoms with van der Waals surface area (Å²) in [5.74, 6) is 0.959. The first kappa shape index (κ1) is 18.0. The van der Waals surface area contributed by atoms with Gasteiger partial charge in [-0.25, -0.2) is 9.97 Å². The maximum Gasteiger partial charge on any atom is 0.156 e. The van der Waals surface area contributed by atoms with Gasteiger partial charge in [-0.2, -0.15) is 0 Å². The first-order valence-electron chi connectivity index (χ1n) is 9.85. The minimum absolute atomic E-state index is 0.775. The van der Waals surface area contributed by atoms with E-state index < -0.39 is 0 Å². The molecule has 1 aliphatic heterocycles. The fourth-order valence-corrected chi connectivity index (χ4v) is 4.03. The highest BCUT2D eigenvalue weighted by molar-refractivity contribution is 6.30. The second-order valence-electron chi connectivity index (χ2n) is 7.20. The Morgan fingerprint density at radius 1 is 0.655 bits per heavy atom. The lowest BCUT2D eigenvalue weighted by Gasteiger charge is -2.37. The van der Waals surface area contributed by atoms with Crippen molar-refractivity contribution in [1.29, 1.82) is 0 Å². The third-order valence-electron chi connectivity index (χ3n) is 5.35. The quantitative estimate of drug-likeness (QED) is 0.468. The largest absolute Gasteiger partial charge is 0.368 e. The first-order valence-corrected chi connectivity index (χ1v) is 10.2. The lowest BCUT2D eigenvalue weighted by atomic mass is 10.1. The summed E-state index contributed by atoms with van der Waals surface area (Å²) in [6.07, 6.45) is 0. The van der Waals surface area contributed by atoms with Gasteiger partial charge < -0.3 is 9.80 Å². The molecule has 0 aliphatic carbocycles. The monoisotopic (exact) mass is 400 g/mol. The van der Waals surface area contributed by atoms with E-state index in [1.807, 2.05) is 60.7 Å². The van der Waals surface area contributed by atoms with Crippen LogP contribution in [-0.4, -0.2) is 36.1 Å². The number of nitrogens with zero attached hydrogens (tertiary/aromatic N) is 4. The van der Waals surface area contributed by atoms with Crippen LogP contribution >= 0.6 is 11.6 Å². The van der Waals surface area contributed by atoms with Crippen molar-refractivity contribution in [2.75, 3.05) is 36.0 Å². The molecule has 5 heteroatoms. The van der Waals surface area contributed by atoms with Crippen LogP contribution in [0.3, 0.4) is 0 Å². The number of halogens is 1. The molecule has 0 amide bonds. The summed E-state index contributed by atoms with van der Waals surface area (Å²) >= 11 is 6.18. The minimum Gasteiger partial charge on any atom is -0.368 e. The fraction of sp³-hybridized carbons (Fsp3) is 0.167. The van der Waals surface area contributed by atoms with Crippen molar-refractivity contribution in [1.82, 2.24) is 9.97 Å². The molecule has 0 saturated carbocycles. The molecule has 2 heterocycles. The molecule has 4 nitrogen and oxygen atoms in total. The Morgan fingerprint density at radius 2 is 1.31 bits per heavy atom. The average Bonchev–Trinajstić information content (AvgIpc) is 2.79. The third kappa shape index (κ3) is 3.64. The molecular formula is C24H21ClN4. The van der Waals surface area contributed by atoms with Crippen molar-refractivity contribution in [2.45, 2.75) is 0 Å². The van der Waals surface area contributed by atoms with E-state index in [4.69, 9.17) is 21.6 Å². The number of benzene rings is 3. The van der Waals surface area contributed by atoms with Crippen LogP contribution in [0.25, 0.3) is 22.3 Å². The van der Waals surface area contributed by atoms with Crippen molar-refractivity contribution >= 4 is 34.1 Å². The van der Waals surface area contributed by atoms with Crippen molar-refractivity contribution < 1.29 is 0 Å². The minimum atomic E-state index is 0.775. The second-order valence-corrected chi connectivity index (χ2v) is 7.64. The van der Waals surface area contributed by atoms with Crippen LogP contribution in [0.1, 0.15) is 0 Å². The average molecular weight is 401 g/mol. The normalized spacial score (nSPS) is 14.4. The Hall–Kier alpha value is -3.11. The summed E-state index contributed by atoms with van der Waals surface area (Å²) in [6.45, 7) is 3.62. The Kier molecular flexibility index (Phi) is 4.78. The first-order chi connectivity index (χ1) is 14.3. The number of aromatic nitrogens is 2. The summed E-state index contributed by atoms with van der Waals surface area (Å²) < 4.78 is 0.